The average Bonchev–Trinajstić information content (AvgIpc) is 2.84. The van der Waals surface area contributed by atoms with Crippen molar-refractivity contribution in [1.29, 1.82) is 0 Å². The zero-order valence-electron chi connectivity index (χ0n) is 8.20. The number of aromatic nitrogens is 2. The van der Waals surface area contributed by atoms with E-state index in [4.69, 9.17) is 5.73 Å². The first-order chi connectivity index (χ1) is 6.69. The maximum atomic E-state index is 6.13. The van der Waals surface area contributed by atoms with E-state index in [0.29, 0.717) is 0 Å². The number of hydrogen-bond donors (Lipinski definition) is 1. The molecule has 1 fully saturated rings. The van der Waals surface area contributed by atoms with Crippen LogP contribution in [0.2, 0.25) is 0 Å². The molecule has 1 aliphatic rings. The summed E-state index contributed by atoms with van der Waals surface area (Å²) in [6, 6.07) is 6.34. The Labute approximate surface area is 82.5 Å². The van der Waals surface area contributed by atoms with Gasteiger partial charge in [-0.3, -0.25) is 0 Å². The summed E-state index contributed by atoms with van der Waals surface area (Å²) in [6.45, 7) is 0. The number of rotatable bonds is 1. The van der Waals surface area contributed by atoms with Crippen molar-refractivity contribution in [3.63, 3.8) is 0 Å². The Morgan fingerprint density at radius 1 is 1.43 bits per heavy atom. The van der Waals surface area contributed by atoms with Gasteiger partial charge in [-0.25, -0.2) is 4.98 Å². The molecule has 1 saturated carbocycles. The van der Waals surface area contributed by atoms with Crippen LogP contribution in [0.25, 0.3) is 11.0 Å². The van der Waals surface area contributed by atoms with Crippen LogP contribution in [0.4, 0.5) is 0 Å². The van der Waals surface area contributed by atoms with Gasteiger partial charge in [0.2, 0.25) is 0 Å². The van der Waals surface area contributed by atoms with Crippen molar-refractivity contribution >= 4 is 11.0 Å². The van der Waals surface area contributed by atoms with Crippen LogP contribution in [0.5, 0.6) is 0 Å². The molecule has 72 valence electrons. The first-order valence-corrected chi connectivity index (χ1v) is 4.89. The highest BCUT2D eigenvalue weighted by Crippen LogP contribution is 2.43. The van der Waals surface area contributed by atoms with Gasteiger partial charge >= 0.3 is 0 Å². The average molecular weight is 187 g/mol. The predicted octanol–water partition coefficient (Wildman–Crippen LogP) is 1.52. The Morgan fingerprint density at radius 2 is 2.21 bits per heavy atom. The molecule has 3 nitrogen and oxygen atoms in total. The molecule has 0 bridgehead atoms. The number of aryl methyl sites for hydroxylation is 1. The largest absolute Gasteiger partial charge is 0.334 e. The van der Waals surface area contributed by atoms with E-state index < -0.39 is 0 Å². The minimum atomic E-state index is -0.0499. The number of hydrogen-bond acceptors (Lipinski definition) is 2. The molecule has 0 aliphatic heterocycles. The third kappa shape index (κ3) is 0.990. The topological polar surface area (TPSA) is 43.8 Å². The Bertz CT molecular complexity index is 494. The van der Waals surface area contributed by atoms with Crippen LogP contribution in [0.1, 0.15) is 18.4 Å². The normalized spacial score (nSPS) is 18.7. The SMILES string of the molecule is Cn1cnc2cc(C3(N)CC3)ccc21. The molecule has 0 saturated heterocycles. The van der Waals surface area contributed by atoms with Crippen LogP contribution < -0.4 is 5.73 Å². The molecule has 1 heterocycles. The van der Waals surface area contributed by atoms with Crippen molar-refractivity contribution in [3.05, 3.63) is 30.1 Å². The van der Waals surface area contributed by atoms with E-state index in [1.165, 1.54) is 5.56 Å². The number of nitrogens with two attached hydrogens (primary N) is 1. The number of fused-ring (bicyclic) bond motifs is 1. The van der Waals surface area contributed by atoms with Crippen LogP contribution in [0.3, 0.4) is 0 Å². The molecule has 2 aromatic rings. The van der Waals surface area contributed by atoms with Gasteiger partial charge in [-0.05, 0) is 30.5 Å². The zero-order chi connectivity index (χ0) is 9.76. The summed E-state index contributed by atoms with van der Waals surface area (Å²) in [4.78, 5) is 4.33. The van der Waals surface area contributed by atoms with Gasteiger partial charge in [0.1, 0.15) is 0 Å². The van der Waals surface area contributed by atoms with Gasteiger partial charge < -0.3 is 10.3 Å². The zero-order valence-corrected chi connectivity index (χ0v) is 8.20. The fraction of sp³-hybridized carbons (Fsp3) is 0.364. The molecule has 1 aromatic carbocycles. The summed E-state index contributed by atoms with van der Waals surface area (Å²) < 4.78 is 2.02. The third-order valence-electron chi connectivity index (χ3n) is 3.09. The van der Waals surface area contributed by atoms with Crippen molar-refractivity contribution in [1.82, 2.24) is 9.55 Å². The summed E-state index contributed by atoms with van der Waals surface area (Å²) in [5.74, 6) is 0. The highest BCUT2D eigenvalue weighted by atomic mass is 15.0. The lowest BCUT2D eigenvalue weighted by atomic mass is 10.1. The first kappa shape index (κ1) is 8.00. The van der Waals surface area contributed by atoms with E-state index in [-0.39, 0.29) is 5.54 Å². The second-order valence-electron chi connectivity index (χ2n) is 4.22. The molecule has 2 N–H and O–H groups in total. The van der Waals surface area contributed by atoms with Gasteiger partial charge in [0.25, 0.3) is 0 Å². The fourth-order valence-electron chi connectivity index (χ4n) is 1.87. The van der Waals surface area contributed by atoms with Crippen molar-refractivity contribution < 1.29 is 0 Å². The minimum Gasteiger partial charge on any atom is -0.334 e. The molecule has 1 aliphatic carbocycles. The summed E-state index contributed by atoms with van der Waals surface area (Å²) in [7, 11) is 2.00. The maximum absolute atomic E-state index is 6.13. The molecule has 0 atom stereocenters. The molecule has 1 aromatic heterocycles. The lowest BCUT2D eigenvalue weighted by molar-refractivity contribution is 0.741. The molecule has 0 amide bonds. The fourth-order valence-corrected chi connectivity index (χ4v) is 1.87. The summed E-state index contributed by atoms with van der Waals surface area (Å²) >= 11 is 0. The van der Waals surface area contributed by atoms with Crippen LogP contribution in [-0.2, 0) is 12.6 Å². The third-order valence-corrected chi connectivity index (χ3v) is 3.09. The van der Waals surface area contributed by atoms with Crippen LogP contribution in [-0.4, -0.2) is 9.55 Å². The molecule has 14 heavy (non-hydrogen) atoms. The lowest BCUT2D eigenvalue weighted by Gasteiger charge is -2.08. The number of nitrogens with zero attached hydrogens (tertiary/aromatic N) is 2. The molecular formula is C11H13N3. The van der Waals surface area contributed by atoms with Crippen molar-refractivity contribution in [3.8, 4) is 0 Å². The van der Waals surface area contributed by atoms with E-state index in [0.717, 1.165) is 23.9 Å². The van der Waals surface area contributed by atoms with E-state index in [2.05, 4.69) is 23.2 Å². The van der Waals surface area contributed by atoms with Gasteiger partial charge in [-0.15, -0.1) is 0 Å². The van der Waals surface area contributed by atoms with E-state index in [1.807, 2.05) is 17.9 Å². The number of imidazole rings is 1. The van der Waals surface area contributed by atoms with Gasteiger partial charge in [-0.1, -0.05) is 6.07 Å². The van der Waals surface area contributed by atoms with Crippen molar-refractivity contribution in [2.24, 2.45) is 12.8 Å². The van der Waals surface area contributed by atoms with Gasteiger partial charge in [0.15, 0.2) is 0 Å². The quantitative estimate of drug-likeness (QED) is 0.735. The van der Waals surface area contributed by atoms with E-state index in [9.17, 15) is 0 Å². The Kier molecular flexibility index (Phi) is 1.35. The van der Waals surface area contributed by atoms with Gasteiger partial charge in [-0.2, -0.15) is 0 Å². The highest BCUT2D eigenvalue weighted by Gasteiger charge is 2.40. The smallest absolute Gasteiger partial charge is 0.0955 e. The van der Waals surface area contributed by atoms with E-state index >= 15 is 0 Å². The summed E-state index contributed by atoms with van der Waals surface area (Å²) in [5, 5.41) is 0. The van der Waals surface area contributed by atoms with E-state index in [1.54, 1.807) is 0 Å². The molecule has 3 heteroatoms. The van der Waals surface area contributed by atoms with Crippen LogP contribution in [0, 0.1) is 0 Å². The van der Waals surface area contributed by atoms with Crippen LogP contribution >= 0.6 is 0 Å². The highest BCUT2D eigenvalue weighted by molar-refractivity contribution is 5.76. The molecule has 0 unspecified atom stereocenters. The van der Waals surface area contributed by atoms with Crippen LogP contribution in [0.15, 0.2) is 24.5 Å². The Balaban J connectivity index is 2.21. The molecule has 3 rings (SSSR count). The molecule has 0 radical (unpaired) electrons. The first-order valence-electron chi connectivity index (χ1n) is 4.89. The molecule has 0 spiro atoms. The standard InChI is InChI=1S/C11H13N3/c1-14-7-13-9-6-8(2-3-10(9)14)11(12)4-5-11/h2-3,6-7H,4-5,12H2,1H3. The molecular weight excluding hydrogens is 174 g/mol. The Hall–Kier alpha value is -1.35. The predicted molar refractivity (Wildman–Crippen MR) is 55.8 cm³/mol. The second-order valence-corrected chi connectivity index (χ2v) is 4.22. The summed E-state index contributed by atoms with van der Waals surface area (Å²) in [6.07, 6.45) is 4.04. The summed E-state index contributed by atoms with van der Waals surface area (Å²) in [5.41, 5.74) is 9.51. The maximum Gasteiger partial charge on any atom is 0.0955 e. The van der Waals surface area contributed by atoms with Gasteiger partial charge in [0.05, 0.1) is 17.4 Å². The monoisotopic (exact) mass is 187 g/mol. The van der Waals surface area contributed by atoms with Gasteiger partial charge in [0, 0.05) is 12.6 Å². The number of benzene rings is 1. The van der Waals surface area contributed by atoms with Crippen molar-refractivity contribution in [2.75, 3.05) is 0 Å². The van der Waals surface area contributed by atoms with Crippen molar-refractivity contribution in [2.45, 2.75) is 18.4 Å². The lowest BCUT2D eigenvalue weighted by Crippen LogP contribution is -2.18. The minimum absolute atomic E-state index is 0.0499. The Morgan fingerprint density at radius 3 is 2.93 bits per heavy atom. The second kappa shape index (κ2) is 2.36.